The molecule has 0 bridgehead atoms. The summed E-state index contributed by atoms with van der Waals surface area (Å²) in [4.78, 5) is 11.7. The maximum Gasteiger partial charge on any atom is 0.213 e. The van der Waals surface area contributed by atoms with Gasteiger partial charge < -0.3 is 9.55 Å². The monoisotopic (exact) mass is 384 g/mol. The Morgan fingerprint density at radius 2 is 2.22 bits per heavy atom. The average Bonchev–Trinajstić information content (AvgIpc) is 3.40. The number of nitrogens with zero attached hydrogens (tertiary/aromatic N) is 5. The zero-order valence-electron chi connectivity index (χ0n) is 15.0. The van der Waals surface area contributed by atoms with E-state index in [9.17, 15) is 13.7 Å². The highest BCUT2D eigenvalue weighted by Gasteiger charge is 2.43. The van der Waals surface area contributed by atoms with E-state index in [-0.39, 0.29) is 12.2 Å². The van der Waals surface area contributed by atoms with Crippen LogP contribution in [-0.2, 0) is 15.6 Å². The Morgan fingerprint density at radius 1 is 1.37 bits per heavy atom. The van der Waals surface area contributed by atoms with Crippen LogP contribution in [0.4, 0.5) is 0 Å². The molecule has 0 aromatic carbocycles. The first kappa shape index (κ1) is 17.7. The van der Waals surface area contributed by atoms with Crippen LogP contribution in [0.15, 0.2) is 37.1 Å². The Labute approximate surface area is 157 Å². The van der Waals surface area contributed by atoms with E-state index in [4.69, 9.17) is 0 Å². The molecule has 3 aromatic heterocycles. The van der Waals surface area contributed by atoms with Gasteiger partial charge in [-0.15, -0.1) is 0 Å². The molecule has 1 N–H and O–H groups in total. The van der Waals surface area contributed by atoms with Crippen molar-refractivity contribution < 1.29 is 8.42 Å². The minimum absolute atomic E-state index is 0.0684. The topological polar surface area (TPSA) is 108 Å². The van der Waals surface area contributed by atoms with Crippen LogP contribution in [0.25, 0.3) is 22.3 Å². The molecule has 1 saturated heterocycles. The molecule has 4 rings (SSSR count). The van der Waals surface area contributed by atoms with E-state index >= 15 is 0 Å². The highest BCUT2D eigenvalue weighted by molar-refractivity contribution is 7.89. The lowest BCUT2D eigenvalue weighted by Crippen LogP contribution is -2.38. The number of hydrogen-bond donors (Lipinski definition) is 1. The summed E-state index contributed by atoms with van der Waals surface area (Å²) in [7, 11) is -3.28. The number of hydrogen-bond acceptors (Lipinski definition) is 5. The van der Waals surface area contributed by atoms with E-state index in [2.05, 4.69) is 21.0 Å². The highest BCUT2D eigenvalue weighted by Crippen LogP contribution is 2.36. The van der Waals surface area contributed by atoms with Crippen LogP contribution in [0.3, 0.4) is 0 Å². The SMILES string of the molecule is CCS(=O)(=O)N1CCC(CC#N)(n2ccc(-c3ncnc4[nH]ccc34)c2)C1. The van der Waals surface area contributed by atoms with Gasteiger partial charge in [0.05, 0.1) is 29.5 Å². The van der Waals surface area contributed by atoms with Crippen molar-refractivity contribution in [1.82, 2.24) is 23.8 Å². The maximum atomic E-state index is 12.3. The molecule has 1 atom stereocenters. The fourth-order valence-corrected chi connectivity index (χ4v) is 4.94. The van der Waals surface area contributed by atoms with Crippen LogP contribution >= 0.6 is 0 Å². The summed E-state index contributed by atoms with van der Waals surface area (Å²) >= 11 is 0. The first-order valence-electron chi connectivity index (χ1n) is 8.81. The normalized spacial score (nSPS) is 20.9. The van der Waals surface area contributed by atoms with E-state index < -0.39 is 15.6 Å². The molecule has 140 valence electrons. The van der Waals surface area contributed by atoms with Crippen LogP contribution in [0.1, 0.15) is 19.8 Å². The van der Waals surface area contributed by atoms with Crippen molar-refractivity contribution in [1.29, 1.82) is 5.26 Å². The molecule has 0 spiro atoms. The number of aromatic amines is 1. The third-order valence-corrected chi connectivity index (χ3v) is 7.16. The van der Waals surface area contributed by atoms with Crippen molar-refractivity contribution in [2.75, 3.05) is 18.8 Å². The molecule has 0 amide bonds. The molecule has 27 heavy (non-hydrogen) atoms. The van der Waals surface area contributed by atoms with Gasteiger partial charge in [0, 0.05) is 42.6 Å². The van der Waals surface area contributed by atoms with Crippen molar-refractivity contribution >= 4 is 21.1 Å². The molecule has 9 heteroatoms. The number of sulfonamides is 1. The number of nitriles is 1. The quantitative estimate of drug-likeness (QED) is 0.725. The molecule has 1 aliphatic rings. The summed E-state index contributed by atoms with van der Waals surface area (Å²) in [5.74, 6) is 0.0684. The summed E-state index contributed by atoms with van der Waals surface area (Å²) in [6, 6.07) is 6.12. The lowest BCUT2D eigenvalue weighted by molar-refractivity contribution is 0.306. The predicted molar refractivity (Wildman–Crippen MR) is 101 cm³/mol. The lowest BCUT2D eigenvalue weighted by Gasteiger charge is -2.29. The van der Waals surface area contributed by atoms with Gasteiger partial charge in [-0.3, -0.25) is 0 Å². The zero-order chi connectivity index (χ0) is 19.1. The Hall–Kier alpha value is -2.70. The average molecular weight is 384 g/mol. The maximum absolute atomic E-state index is 12.3. The standard InChI is InChI=1S/C18H20N6O2S/c1-2-27(25,26)24-10-6-18(12-24,5-7-19)23-9-4-14(11-23)16-15-3-8-20-17(15)22-13-21-16/h3-4,8-9,11,13H,2,5-6,10,12H2,1H3,(H,20,21,22). The summed E-state index contributed by atoms with van der Waals surface area (Å²) in [5, 5.41) is 10.3. The van der Waals surface area contributed by atoms with Gasteiger partial charge in [-0.25, -0.2) is 18.4 Å². The van der Waals surface area contributed by atoms with Crippen molar-refractivity contribution in [3.63, 3.8) is 0 Å². The smallest absolute Gasteiger partial charge is 0.213 e. The van der Waals surface area contributed by atoms with Gasteiger partial charge >= 0.3 is 0 Å². The Kier molecular flexibility index (Phi) is 4.25. The van der Waals surface area contributed by atoms with Crippen molar-refractivity contribution in [2.45, 2.75) is 25.3 Å². The predicted octanol–water partition coefficient (Wildman–Crippen LogP) is 2.09. The molecule has 0 radical (unpaired) electrons. The van der Waals surface area contributed by atoms with E-state index in [1.165, 1.54) is 10.6 Å². The van der Waals surface area contributed by atoms with Crippen LogP contribution in [0.5, 0.6) is 0 Å². The van der Waals surface area contributed by atoms with E-state index in [0.717, 1.165) is 22.3 Å². The van der Waals surface area contributed by atoms with Crippen molar-refractivity contribution in [2.24, 2.45) is 0 Å². The first-order valence-corrected chi connectivity index (χ1v) is 10.4. The molecule has 0 saturated carbocycles. The van der Waals surface area contributed by atoms with Gasteiger partial charge in [-0.1, -0.05) is 0 Å². The van der Waals surface area contributed by atoms with E-state index in [1.807, 2.05) is 35.3 Å². The molecular formula is C18H20N6O2S. The van der Waals surface area contributed by atoms with Crippen LogP contribution in [0, 0.1) is 11.3 Å². The van der Waals surface area contributed by atoms with E-state index in [0.29, 0.717) is 19.5 Å². The molecule has 3 aromatic rings. The molecule has 1 fully saturated rings. The fraction of sp³-hybridized carbons (Fsp3) is 0.389. The van der Waals surface area contributed by atoms with Gasteiger partial charge in [0.2, 0.25) is 10.0 Å². The van der Waals surface area contributed by atoms with Crippen LogP contribution in [0.2, 0.25) is 0 Å². The highest BCUT2D eigenvalue weighted by atomic mass is 32.2. The molecule has 1 unspecified atom stereocenters. The van der Waals surface area contributed by atoms with Gasteiger partial charge in [-0.2, -0.15) is 9.57 Å². The summed E-state index contributed by atoms with van der Waals surface area (Å²) in [5.41, 5.74) is 1.93. The van der Waals surface area contributed by atoms with Crippen molar-refractivity contribution in [3.05, 3.63) is 37.1 Å². The number of H-pyrrole nitrogens is 1. The summed E-state index contributed by atoms with van der Waals surface area (Å²) in [6.07, 6.45) is 8.06. The summed E-state index contributed by atoms with van der Waals surface area (Å²) < 4.78 is 28.0. The molecule has 0 aliphatic carbocycles. The number of nitrogens with one attached hydrogen (secondary N) is 1. The largest absolute Gasteiger partial charge is 0.346 e. The molecule has 8 nitrogen and oxygen atoms in total. The van der Waals surface area contributed by atoms with Gasteiger partial charge in [0.15, 0.2) is 0 Å². The van der Waals surface area contributed by atoms with Crippen molar-refractivity contribution in [3.8, 4) is 17.3 Å². The van der Waals surface area contributed by atoms with E-state index in [1.54, 1.807) is 6.92 Å². The molecule has 1 aliphatic heterocycles. The molecular weight excluding hydrogens is 364 g/mol. The Morgan fingerprint density at radius 3 is 3.00 bits per heavy atom. The number of rotatable bonds is 5. The Bertz CT molecular complexity index is 1130. The Balaban J connectivity index is 1.72. The van der Waals surface area contributed by atoms with Gasteiger partial charge in [-0.05, 0) is 25.5 Å². The van der Waals surface area contributed by atoms with Crippen LogP contribution < -0.4 is 0 Å². The minimum Gasteiger partial charge on any atom is -0.346 e. The third-order valence-electron chi connectivity index (χ3n) is 5.33. The lowest BCUT2D eigenvalue weighted by atomic mass is 9.94. The first-order chi connectivity index (χ1) is 13.0. The number of aromatic nitrogens is 4. The zero-order valence-corrected chi connectivity index (χ0v) is 15.8. The third kappa shape index (κ3) is 2.91. The summed E-state index contributed by atoms with van der Waals surface area (Å²) in [6.45, 7) is 2.39. The van der Waals surface area contributed by atoms with Gasteiger partial charge in [0.25, 0.3) is 0 Å². The molecule has 4 heterocycles. The second-order valence-corrected chi connectivity index (χ2v) is 9.07. The fourth-order valence-electron chi connectivity index (χ4n) is 3.77. The second kappa shape index (κ2) is 6.48. The number of fused-ring (bicyclic) bond motifs is 1. The second-order valence-electron chi connectivity index (χ2n) is 6.81. The van der Waals surface area contributed by atoms with Crippen LogP contribution in [-0.4, -0.2) is 51.1 Å². The van der Waals surface area contributed by atoms with Gasteiger partial charge in [0.1, 0.15) is 12.0 Å². The minimum atomic E-state index is -3.28.